The van der Waals surface area contributed by atoms with Crippen LogP contribution in [0.5, 0.6) is 0 Å². The minimum absolute atomic E-state index is 0.178. The van der Waals surface area contributed by atoms with Crippen molar-refractivity contribution in [2.75, 3.05) is 13.7 Å². The van der Waals surface area contributed by atoms with E-state index in [0.717, 1.165) is 0 Å². The summed E-state index contributed by atoms with van der Waals surface area (Å²) in [6.45, 7) is 6.70. The van der Waals surface area contributed by atoms with Crippen LogP contribution in [0.2, 0.25) is 0 Å². The van der Waals surface area contributed by atoms with Crippen LogP contribution < -0.4 is 5.32 Å². The molecule has 0 aliphatic rings. The molecule has 0 saturated carbocycles. The van der Waals surface area contributed by atoms with Gasteiger partial charge in [-0.15, -0.1) is 0 Å². The highest BCUT2D eigenvalue weighted by atomic mass is 16.6. The summed E-state index contributed by atoms with van der Waals surface area (Å²) in [5, 5.41) is 2.48. The zero-order valence-corrected chi connectivity index (χ0v) is 13.8. The minimum atomic E-state index is -0.793. The number of ether oxygens (including phenoxy) is 3. The first-order valence-corrected chi connectivity index (χ1v) is 7.01. The van der Waals surface area contributed by atoms with Crippen molar-refractivity contribution in [3.63, 3.8) is 0 Å². The smallest absolute Gasteiger partial charge is 0.408 e. The standard InChI is InChI=1S/C15H25NO6/c1-11(17)21-10-8-6-7-9-12(13(18)20-5)16-14(19)22-15(2,3)4/h6,8,12H,7,9-10H2,1-5H3,(H,16,19)/b8-6+/t12-/m0/s1. The second kappa shape index (κ2) is 9.81. The number of hydrogen-bond donors (Lipinski definition) is 1. The fourth-order valence-corrected chi connectivity index (χ4v) is 1.46. The van der Waals surface area contributed by atoms with Gasteiger partial charge in [0.15, 0.2) is 0 Å². The average Bonchev–Trinajstić information content (AvgIpc) is 2.37. The minimum Gasteiger partial charge on any atom is -0.467 e. The van der Waals surface area contributed by atoms with Gasteiger partial charge in [-0.1, -0.05) is 12.2 Å². The van der Waals surface area contributed by atoms with Crippen LogP contribution in [-0.4, -0.2) is 43.4 Å². The molecule has 0 unspecified atom stereocenters. The molecule has 7 nitrogen and oxygen atoms in total. The molecule has 1 atom stereocenters. The molecule has 0 aromatic heterocycles. The van der Waals surface area contributed by atoms with Crippen LogP contribution in [-0.2, 0) is 23.8 Å². The lowest BCUT2D eigenvalue weighted by Gasteiger charge is -2.22. The highest BCUT2D eigenvalue weighted by Crippen LogP contribution is 2.08. The Hall–Kier alpha value is -2.05. The van der Waals surface area contributed by atoms with Crippen LogP contribution in [0.25, 0.3) is 0 Å². The van der Waals surface area contributed by atoms with Gasteiger partial charge >= 0.3 is 18.0 Å². The molecule has 0 radical (unpaired) electrons. The zero-order chi connectivity index (χ0) is 17.2. The summed E-state index contributed by atoms with van der Waals surface area (Å²) >= 11 is 0. The second-order valence-corrected chi connectivity index (χ2v) is 5.57. The van der Waals surface area contributed by atoms with Gasteiger partial charge in [0.05, 0.1) is 7.11 Å². The van der Waals surface area contributed by atoms with Gasteiger partial charge in [0.2, 0.25) is 0 Å². The Morgan fingerprint density at radius 3 is 2.32 bits per heavy atom. The summed E-state index contributed by atoms with van der Waals surface area (Å²) in [6, 6.07) is -0.793. The third-order valence-electron chi connectivity index (χ3n) is 2.35. The highest BCUT2D eigenvalue weighted by molar-refractivity contribution is 5.81. The topological polar surface area (TPSA) is 90.9 Å². The maximum absolute atomic E-state index is 11.7. The van der Waals surface area contributed by atoms with E-state index in [-0.39, 0.29) is 12.6 Å². The molecule has 1 N–H and O–H groups in total. The number of methoxy groups -OCH3 is 1. The molecule has 1 amide bonds. The van der Waals surface area contributed by atoms with E-state index in [1.54, 1.807) is 32.9 Å². The lowest BCUT2D eigenvalue weighted by molar-refractivity contribution is -0.143. The lowest BCUT2D eigenvalue weighted by Crippen LogP contribution is -2.43. The molecule has 0 aliphatic heterocycles. The van der Waals surface area contributed by atoms with Gasteiger partial charge in [-0.05, 0) is 33.6 Å². The van der Waals surface area contributed by atoms with Gasteiger partial charge in [-0.25, -0.2) is 9.59 Å². The van der Waals surface area contributed by atoms with Crippen LogP contribution in [0.3, 0.4) is 0 Å². The summed E-state index contributed by atoms with van der Waals surface area (Å²) in [7, 11) is 1.25. The first-order valence-electron chi connectivity index (χ1n) is 7.01. The van der Waals surface area contributed by atoms with Crippen LogP contribution in [0.4, 0.5) is 4.79 Å². The number of amides is 1. The van der Waals surface area contributed by atoms with Crippen molar-refractivity contribution < 1.29 is 28.6 Å². The van der Waals surface area contributed by atoms with E-state index in [0.29, 0.717) is 12.8 Å². The normalized spacial score (nSPS) is 12.6. The van der Waals surface area contributed by atoms with Crippen LogP contribution in [0.1, 0.15) is 40.5 Å². The Balaban J connectivity index is 4.33. The molecule has 0 saturated heterocycles. The van der Waals surface area contributed by atoms with E-state index >= 15 is 0 Å². The molecule has 126 valence electrons. The summed E-state index contributed by atoms with van der Waals surface area (Å²) in [4.78, 5) is 33.9. The first kappa shape index (κ1) is 19.9. The Bertz CT molecular complexity index is 411. The van der Waals surface area contributed by atoms with Crippen molar-refractivity contribution in [2.45, 2.75) is 52.2 Å². The number of carbonyl (C=O) groups excluding carboxylic acids is 3. The Labute approximate surface area is 131 Å². The van der Waals surface area contributed by atoms with Gasteiger partial charge < -0.3 is 19.5 Å². The number of esters is 2. The van der Waals surface area contributed by atoms with E-state index in [4.69, 9.17) is 9.47 Å². The van der Waals surface area contributed by atoms with Crippen molar-refractivity contribution in [1.82, 2.24) is 5.32 Å². The summed E-state index contributed by atoms with van der Waals surface area (Å²) < 4.78 is 14.5. The number of rotatable bonds is 7. The monoisotopic (exact) mass is 315 g/mol. The fraction of sp³-hybridized carbons (Fsp3) is 0.667. The van der Waals surface area contributed by atoms with Crippen molar-refractivity contribution in [1.29, 1.82) is 0 Å². The Morgan fingerprint density at radius 1 is 1.18 bits per heavy atom. The largest absolute Gasteiger partial charge is 0.467 e. The molecule has 0 bridgehead atoms. The number of allylic oxidation sites excluding steroid dienone is 1. The summed E-state index contributed by atoms with van der Waals surface area (Å²) in [5.74, 6) is -0.900. The quantitative estimate of drug-likeness (QED) is 0.439. The predicted molar refractivity (Wildman–Crippen MR) is 80.2 cm³/mol. The molecule has 0 spiro atoms. The SMILES string of the molecule is COC(=O)[C@H](CC/C=C/COC(C)=O)NC(=O)OC(C)(C)C. The van der Waals surface area contributed by atoms with Crippen LogP contribution in [0.15, 0.2) is 12.2 Å². The number of carbonyl (C=O) groups is 3. The molecule has 0 heterocycles. The number of nitrogens with one attached hydrogen (secondary N) is 1. The molecule has 0 fully saturated rings. The Morgan fingerprint density at radius 2 is 1.82 bits per heavy atom. The van der Waals surface area contributed by atoms with Gasteiger partial charge in [0, 0.05) is 6.92 Å². The lowest BCUT2D eigenvalue weighted by atomic mass is 10.1. The maximum atomic E-state index is 11.7. The summed E-state index contributed by atoms with van der Waals surface area (Å²) in [5.41, 5.74) is -0.644. The van der Waals surface area contributed by atoms with E-state index in [1.807, 2.05) is 0 Å². The predicted octanol–water partition coefficient (Wildman–Crippen LogP) is 1.95. The molecule has 0 rings (SSSR count). The fourth-order valence-electron chi connectivity index (χ4n) is 1.46. The van der Waals surface area contributed by atoms with E-state index < -0.39 is 23.7 Å². The zero-order valence-electron chi connectivity index (χ0n) is 13.8. The van der Waals surface area contributed by atoms with Gasteiger partial charge in [0.25, 0.3) is 0 Å². The average molecular weight is 315 g/mol. The molecule has 7 heteroatoms. The van der Waals surface area contributed by atoms with E-state index in [2.05, 4.69) is 10.1 Å². The van der Waals surface area contributed by atoms with Gasteiger partial charge in [-0.3, -0.25) is 4.79 Å². The third kappa shape index (κ3) is 10.7. The van der Waals surface area contributed by atoms with Crippen molar-refractivity contribution in [3.05, 3.63) is 12.2 Å². The molecule has 0 aliphatic carbocycles. The van der Waals surface area contributed by atoms with E-state index in [1.165, 1.54) is 14.0 Å². The van der Waals surface area contributed by atoms with Crippen molar-refractivity contribution in [2.24, 2.45) is 0 Å². The molecular formula is C15H25NO6. The van der Waals surface area contributed by atoms with Crippen LogP contribution >= 0.6 is 0 Å². The molecule has 0 aromatic rings. The third-order valence-corrected chi connectivity index (χ3v) is 2.35. The van der Waals surface area contributed by atoms with Crippen LogP contribution in [0, 0.1) is 0 Å². The maximum Gasteiger partial charge on any atom is 0.408 e. The molecule has 22 heavy (non-hydrogen) atoms. The van der Waals surface area contributed by atoms with Gasteiger partial charge in [0.1, 0.15) is 18.2 Å². The number of hydrogen-bond acceptors (Lipinski definition) is 6. The van der Waals surface area contributed by atoms with E-state index in [9.17, 15) is 14.4 Å². The second-order valence-electron chi connectivity index (χ2n) is 5.57. The van der Waals surface area contributed by atoms with Gasteiger partial charge in [-0.2, -0.15) is 0 Å². The molecular weight excluding hydrogens is 290 g/mol. The van der Waals surface area contributed by atoms with Crippen molar-refractivity contribution in [3.8, 4) is 0 Å². The first-order chi connectivity index (χ1) is 10.2. The number of alkyl carbamates (subject to hydrolysis) is 1. The van der Waals surface area contributed by atoms with Crippen molar-refractivity contribution >= 4 is 18.0 Å². The highest BCUT2D eigenvalue weighted by Gasteiger charge is 2.24. The Kier molecular flexibility index (Phi) is 8.89. The molecule has 0 aromatic carbocycles. The summed E-state index contributed by atoms with van der Waals surface area (Å²) in [6.07, 6.45) is 3.62.